The molecular weight excluding hydrogens is 1270 g/mol. The number of aliphatic hydroxyl groups excluding tert-OH is 1. The molecule has 1 aliphatic rings. The Hall–Kier alpha value is -8.00. The molecule has 0 spiro atoms. The van der Waals surface area contributed by atoms with Gasteiger partial charge in [0.15, 0.2) is 0 Å². The largest absolute Gasteiger partial charge is 0.391 e. The Labute approximate surface area is 588 Å². The Morgan fingerprint density at radius 1 is 0.434 bits per heavy atom. The maximum Gasteiger partial charge on any atom is 0.324 e. The molecule has 1 fully saturated rings. The van der Waals surface area contributed by atoms with Crippen LogP contribution in [0.2, 0.25) is 0 Å². The lowest BCUT2D eigenvalue weighted by atomic mass is 9.94. The Kier molecular flexibility index (Phi) is 33.2. The number of nitrogens with one attached hydrogen (secondary N) is 5. The zero-order chi connectivity index (χ0) is 75.4. The molecule has 2 aromatic carbocycles. The Bertz CT molecular complexity index is 3070. The van der Waals surface area contributed by atoms with Gasteiger partial charge in [-0.25, -0.2) is 4.79 Å². The summed E-state index contributed by atoms with van der Waals surface area (Å²) in [6.45, 7) is 27.2. The van der Waals surface area contributed by atoms with Crippen molar-refractivity contribution in [2.24, 2.45) is 29.6 Å². The molecule has 1 heterocycles. The second-order valence-corrected chi connectivity index (χ2v) is 29.6. The summed E-state index contributed by atoms with van der Waals surface area (Å²) in [5, 5.41) is 25.1. The minimum Gasteiger partial charge on any atom is -0.391 e. The molecule has 1 saturated heterocycles. The fourth-order valence-corrected chi connectivity index (χ4v) is 11.9. The Morgan fingerprint density at radius 3 is 1.28 bits per heavy atom. The van der Waals surface area contributed by atoms with E-state index in [1.165, 1.54) is 89.7 Å². The number of imide groups is 1. The summed E-state index contributed by atoms with van der Waals surface area (Å²) in [6.07, 6.45) is -1.13. The van der Waals surface area contributed by atoms with Crippen LogP contribution < -0.4 is 26.6 Å². The lowest BCUT2D eigenvalue weighted by Gasteiger charge is -2.38. The smallest absolute Gasteiger partial charge is 0.324 e. The molecular formula is C73H118N12O14. The molecule has 554 valence electrons. The molecule has 0 saturated carbocycles. The number of hydrogen-bond acceptors (Lipinski definition) is 14. The van der Waals surface area contributed by atoms with E-state index in [0.29, 0.717) is 22.4 Å². The minimum absolute atomic E-state index is 0.0273. The zero-order valence-electron chi connectivity index (χ0n) is 63.1. The average molecular weight is 1390 g/mol. The quantitative estimate of drug-likeness (QED) is 0.128. The molecule has 26 nitrogen and oxygen atoms in total. The lowest BCUT2D eigenvalue weighted by Crippen LogP contribution is -2.63. The van der Waals surface area contributed by atoms with E-state index in [0.717, 1.165) is 9.80 Å². The molecule has 99 heavy (non-hydrogen) atoms. The van der Waals surface area contributed by atoms with Gasteiger partial charge in [0.2, 0.25) is 59.1 Å². The van der Waals surface area contributed by atoms with Crippen LogP contribution >= 0.6 is 0 Å². The summed E-state index contributed by atoms with van der Waals surface area (Å²) in [5.74, 6) is -9.87. The van der Waals surface area contributed by atoms with Crippen LogP contribution in [0.5, 0.6) is 0 Å². The molecule has 6 N–H and O–H groups in total. The first-order valence-electron chi connectivity index (χ1n) is 34.8. The van der Waals surface area contributed by atoms with Crippen LogP contribution in [0.4, 0.5) is 4.79 Å². The molecule has 0 bridgehead atoms. The molecule has 3 rings (SSSR count). The monoisotopic (exact) mass is 1390 g/mol. The molecule has 13 atom stereocenters. The summed E-state index contributed by atoms with van der Waals surface area (Å²) in [5.41, 5.74) is 0.373. The number of ether oxygens (including phenoxy) is 1. The fourth-order valence-electron chi connectivity index (χ4n) is 11.9. The van der Waals surface area contributed by atoms with Crippen LogP contribution in [-0.4, -0.2) is 245 Å². The third-order valence-electron chi connectivity index (χ3n) is 18.2. The first-order chi connectivity index (χ1) is 46.0. The van der Waals surface area contributed by atoms with Crippen LogP contribution in [0.15, 0.2) is 60.7 Å². The maximum absolute atomic E-state index is 15.4. The first kappa shape index (κ1) is 85.2. The van der Waals surface area contributed by atoms with Gasteiger partial charge in [-0.05, 0) is 108 Å². The van der Waals surface area contributed by atoms with Crippen molar-refractivity contribution in [3.05, 3.63) is 71.8 Å². The van der Waals surface area contributed by atoms with Crippen molar-refractivity contribution in [2.45, 2.75) is 234 Å². The van der Waals surface area contributed by atoms with Crippen molar-refractivity contribution in [3.63, 3.8) is 0 Å². The van der Waals surface area contributed by atoms with E-state index in [9.17, 15) is 43.5 Å². The predicted molar refractivity (Wildman–Crippen MR) is 378 cm³/mol. The van der Waals surface area contributed by atoms with E-state index in [1.54, 1.807) is 88.4 Å². The van der Waals surface area contributed by atoms with Gasteiger partial charge in [-0.1, -0.05) is 136 Å². The van der Waals surface area contributed by atoms with Gasteiger partial charge in [0.1, 0.15) is 66.5 Å². The third-order valence-corrected chi connectivity index (χ3v) is 18.2. The van der Waals surface area contributed by atoms with Gasteiger partial charge in [0.25, 0.3) is 5.91 Å². The highest BCUT2D eigenvalue weighted by atomic mass is 16.5. The minimum atomic E-state index is -1.69. The molecule has 2 unspecified atom stereocenters. The third kappa shape index (κ3) is 24.7. The Balaban J connectivity index is 2.40. The number of hydrogen-bond donors (Lipinski definition) is 6. The number of nitrogens with zero attached hydrogens (tertiary/aromatic N) is 7. The van der Waals surface area contributed by atoms with Gasteiger partial charge >= 0.3 is 6.03 Å². The van der Waals surface area contributed by atoms with E-state index in [1.807, 2.05) is 62.3 Å². The summed E-state index contributed by atoms with van der Waals surface area (Å²) < 4.78 is 6.15. The second kappa shape index (κ2) is 38.5. The topological polar surface area (TPSA) is 317 Å². The lowest BCUT2D eigenvalue weighted by molar-refractivity contribution is -0.152. The van der Waals surface area contributed by atoms with Crippen LogP contribution in [0.3, 0.4) is 0 Å². The van der Waals surface area contributed by atoms with Gasteiger partial charge in [-0.3, -0.25) is 57.6 Å². The molecule has 0 aromatic heterocycles. The van der Waals surface area contributed by atoms with Gasteiger partial charge in [0, 0.05) is 62.2 Å². The van der Waals surface area contributed by atoms with Crippen LogP contribution in [-0.2, 0) is 70.3 Å². The predicted octanol–water partition coefficient (Wildman–Crippen LogP) is 4.39. The van der Waals surface area contributed by atoms with E-state index in [4.69, 9.17) is 4.74 Å². The maximum atomic E-state index is 15.4. The molecule has 0 radical (unpaired) electrons. The fraction of sp³-hybridized carbons (Fsp3) is 0.671. The SMILES string of the molecule is CCC(C)[C@H]1C(=O)N[C@@H](CC(C)C)C(=O)N(C)[C@@H](CC(C)C)C(=O)N[C@@H](COC(C)(C)C)C(=O)N(C)[C@@H](CC(C)C)C(=O)N[C@@H](C)C(=O)N(C)C(=O)N[C@@H](Cc2ccccc2)C(=O)N(C)[C@@H](Cc2ccccc2)C(=O)N(C)[C@H](CC(C)C)C(=O)NC([C@@H](C)O)C(=O)N(C)[C@@H](C)C(=O)N1C. The molecule has 0 aliphatic carbocycles. The number of rotatable bonds is 17. The summed E-state index contributed by atoms with van der Waals surface area (Å²) in [4.78, 5) is 186. The van der Waals surface area contributed by atoms with Gasteiger partial charge in [-0.15, -0.1) is 0 Å². The average Bonchev–Trinajstić information content (AvgIpc) is 0.858. The number of likely N-dealkylation sites (N-methyl/N-ethyl adjacent to an activating group) is 7. The number of aliphatic hydroxyl groups is 1. The normalized spacial score (nSPS) is 25.6. The van der Waals surface area contributed by atoms with Crippen LogP contribution in [0, 0.1) is 29.6 Å². The van der Waals surface area contributed by atoms with Gasteiger partial charge < -0.3 is 65.8 Å². The highest BCUT2D eigenvalue weighted by Gasteiger charge is 2.44. The highest BCUT2D eigenvalue weighted by Crippen LogP contribution is 2.24. The zero-order valence-corrected chi connectivity index (χ0v) is 63.1. The van der Waals surface area contributed by atoms with Crippen molar-refractivity contribution in [3.8, 4) is 0 Å². The van der Waals surface area contributed by atoms with Crippen molar-refractivity contribution in [2.75, 3.05) is 55.9 Å². The van der Waals surface area contributed by atoms with Crippen molar-refractivity contribution < 1.29 is 67.4 Å². The number of carbonyl (C=O) groups excluding carboxylic acids is 12. The number of benzene rings is 2. The van der Waals surface area contributed by atoms with Crippen LogP contribution in [0.25, 0.3) is 0 Å². The number of carbonyl (C=O) groups is 12. The highest BCUT2D eigenvalue weighted by molar-refractivity contribution is 6.02. The molecule has 2 aromatic rings. The van der Waals surface area contributed by atoms with Crippen molar-refractivity contribution >= 4 is 71.0 Å². The summed E-state index contributed by atoms with van der Waals surface area (Å²) in [7, 11) is 9.47. The number of urea groups is 1. The molecule has 1 aliphatic heterocycles. The summed E-state index contributed by atoms with van der Waals surface area (Å²) in [6, 6.07) is 1.44. The van der Waals surface area contributed by atoms with Crippen molar-refractivity contribution in [1.82, 2.24) is 60.9 Å². The van der Waals surface area contributed by atoms with Crippen LogP contribution in [0.1, 0.15) is 154 Å². The van der Waals surface area contributed by atoms with Gasteiger partial charge in [0.05, 0.1) is 18.3 Å². The molecule has 26 heteroatoms. The standard InChI is InChI=1S/C73H118N12O14/c1-24-46(10)60-64(90)75-52(35-42(2)3)67(93)80(18)56(37-44(6)7)62(88)76-54(41-99-73(14,15)16)69(95)81(19)55(36-43(4)5)61(87)74-47(11)65(91)85(23)72(98)77-53(39-50-31-27-25-28-32-50)68(94)83(21)58(40-51-33-29-26-30-34-51)70(96)82(20)57(38-45(8)9)63(89)78-59(49(13)86)71(97)79(17)48(12)66(92)84(60)22/h25-34,42-49,52-60,86H,24,35-41H2,1-23H3,(H,74,87)(H,75,90)(H,76,88)(H,77,98)(H,78,89)/t46?,47-,48-,49+,52-,53-,54-,55-,56-,57+,58-,59?,60-/m0/s1. The summed E-state index contributed by atoms with van der Waals surface area (Å²) >= 11 is 0. The van der Waals surface area contributed by atoms with E-state index < -0.39 is 155 Å². The van der Waals surface area contributed by atoms with E-state index >= 15 is 19.2 Å². The van der Waals surface area contributed by atoms with Gasteiger partial charge in [-0.2, -0.15) is 0 Å². The Morgan fingerprint density at radius 2 is 0.838 bits per heavy atom. The first-order valence-corrected chi connectivity index (χ1v) is 34.8. The number of amides is 13. The van der Waals surface area contributed by atoms with E-state index in [-0.39, 0.29) is 68.8 Å². The van der Waals surface area contributed by atoms with Crippen molar-refractivity contribution in [1.29, 1.82) is 0 Å². The molecule has 13 amide bonds. The second-order valence-electron chi connectivity index (χ2n) is 29.6. The van der Waals surface area contributed by atoms with E-state index in [2.05, 4.69) is 26.6 Å².